The van der Waals surface area contributed by atoms with Crippen LogP contribution in [0.25, 0.3) is 0 Å². The number of benzene rings is 1. The van der Waals surface area contributed by atoms with Crippen LogP contribution in [0.15, 0.2) is 24.3 Å². The summed E-state index contributed by atoms with van der Waals surface area (Å²) in [7, 11) is 0. The first-order chi connectivity index (χ1) is 9.19. The summed E-state index contributed by atoms with van der Waals surface area (Å²) in [5, 5.41) is 8.85. The molecule has 5 heteroatoms. The van der Waals surface area contributed by atoms with Gasteiger partial charge in [-0.25, -0.2) is 4.79 Å². The predicted molar refractivity (Wildman–Crippen MR) is 69.5 cm³/mol. The van der Waals surface area contributed by atoms with Crippen LogP contribution in [-0.2, 0) is 11.2 Å². The molecule has 1 amide bonds. The quantitative estimate of drug-likeness (QED) is 0.843. The largest absolute Gasteiger partial charge is 0.490 e. The van der Waals surface area contributed by atoms with Gasteiger partial charge in [-0.1, -0.05) is 12.1 Å². The van der Waals surface area contributed by atoms with Crippen LogP contribution in [-0.4, -0.2) is 41.6 Å². The van der Waals surface area contributed by atoms with Gasteiger partial charge in [0, 0.05) is 32.4 Å². The van der Waals surface area contributed by atoms with E-state index in [1.807, 2.05) is 24.3 Å². The average Bonchev–Trinajstić information content (AvgIpc) is 2.42. The highest BCUT2D eigenvalue weighted by atomic mass is 16.5. The molecule has 1 saturated heterocycles. The van der Waals surface area contributed by atoms with Gasteiger partial charge < -0.3 is 19.5 Å². The maximum absolute atomic E-state index is 10.8. The maximum atomic E-state index is 10.8. The lowest BCUT2D eigenvalue weighted by atomic mass is 10.1. The number of likely N-dealkylation sites (tertiary alicyclic amines) is 1. The van der Waals surface area contributed by atoms with Crippen LogP contribution >= 0.6 is 0 Å². The second-order valence-corrected chi connectivity index (χ2v) is 4.60. The lowest BCUT2D eigenvalue weighted by molar-refractivity contribution is -0.107. The first kappa shape index (κ1) is 13.4. The number of carbonyl (C=O) groups excluding carboxylic acids is 1. The van der Waals surface area contributed by atoms with E-state index in [4.69, 9.17) is 9.84 Å². The summed E-state index contributed by atoms with van der Waals surface area (Å²) in [5.41, 5.74) is 0.961. The van der Waals surface area contributed by atoms with Crippen LogP contribution in [0.4, 0.5) is 4.79 Å². The third-order valence-electron chi connectivity index (χ3n) is 3.26. The van der Waals surface area contributed by atoms with Crippen molar-refractivity contribution in [1.29, 1.82) is 0 Å². The maximum Gasteiger partial charge on any atom is 0.407 e. The molecule has 1 fully saturated rings. The minimum atomic E-state index is -0.864. The third-order valence-corrected chi connectivity index (χ3v) is 3.26. The summed E-state index contributed by atoms with van der Waals surface area (Å²) in [5.74, 6) is 0.767. The summed E-state index contributed by atoms with van der Waals surface area (Å²) < 4.78 is 5.81. The zero-order chi connectivity index (χ0) is 13.7. The fourth-order valence-electron chi connectivity index (χ4n) is 2.16. The van der Waals surface area contributed by atoms with Crippen LogP contribution in [0.2, 0.25) is 0 Å². The van der Waals surface area contributed by atoms with Gasteiger partial charge >= 0.3 is 6.09 Å². The molecule has 1 aromatic carbocycles. The molecule has 1 aliphatic rings. The molecule has 2 rings (SSSR count). The monoisotopic (exact) mass is 263 g/mol. The van der Waals surface area contributed by atoms with Crippen molar-refractivity contribution in [2.24, 2.45) is 0 Å². The van der Waals surface area contributed by atoms with E-state index in [2.05, 4.69) is 0 Å². The van der Waals surface area contributed by atoms with Gasteiger partial charge in [0.2, 0.25) is 0 Å². The normalized spacial score (nSPS) is 16.1. The van der Waals surface area contributed by atoms with Gasteiger partial charge in [-0.05, 0) is 17.7 Å². The molecule has 5 nitrogen and oxygen atoms in total. The minimum Gasteiger partial charge on any atom is -0.490 e. The number of piperidine rings is 1. The summed E-state index contributed by atoms with van der Waals surface area (Å²) >= 11 is 0. The molecule has 0 atom stereocenters. The summed E-state index contributed by atoms with van der Waals surface area (Å²) in [6, 6.07) is 7.44. The van der Waals surface area contributed by atoms with Crippen LogP contribution in [0, 0.1) is 0 Å². The van der Waals surface area contributed by atoms with Crippen molar-refractivity contribution in [3.05, 3.63) is 29.8 Å². The Balaban J connectivity index is 1.85. The van der Waals surface area contributed by atoms with Gasteiger partial charge in [0.15, 0.2) is 0 Å². The lowest BCUT2D eigenvalue weighted by Crippen LogP contribution is -2.41. The summed E-state index contributed by atoms with van der Waals surface area (Å²) in [6.45, 7) is 1.03. The minimum absolute atomic E-state index is 0.0625. The van der Waals surface area contributed by atoms with Gasteiger partial charge in [-0.3, -0.25) is 0 Å². The van der Waals surface area contributed by atoms with Gasteiger partial charge in [-0.2, -0.15) is 0 Å². The molecule has 0 unspecified atom stereocenters. The van der Waals surface area contributed by atoms with Crippen molar-refractivity contribution in [1.82, 2.24) is 4.90 Å². The summed E-state index contributed by atoms with van der Waals surface area (Å²) in [4.78, 5) is 22.6. The number of carboxylic acid groups (broad SMARTS) is 1. The first-order valence-corrected chi connectivity index (χ1v) is 6.36. The molecular formula is C14H17NO4. The fraction of sp³-hybridized carbons (Fsp3) is 0.429. The number of nitrogens with zero attached hydrogens (tertiary/aromatic N) is 1. The molecule has 1 aliphatic heterocycles. The van der Waals surface area contributed by atoms with E-state index in [1.165, 1.54) is 4.90 Å². The number of hydrogen-bond acceptors (Lipinski definition) is 3. The van der Waals surface area contributed by atoms with Gasteiger partial charge in [0.1, 0.15) is 18.1 Å². The van der Waals surface area contributed by atoms with E-state index >= 15 is 0 Å². The zero-order valence-electron chi connectivity index (χ0n) is 10.6. The Morgan fingerprint density at radius 1 is 1.32 bits per heavy atom. The molecule has 0 spiro atoms. The highest BCUT2D eigenvalue weighted by molar-refractivity contribution is 5.65. The molecule has 19 heavy (non-hydrogen) atoms. The van der Waals surface area contributed by atoms with E-state index in [0.717, 1.165) is 17.6 Å². The Hall–Kier alpha value is -2.04. The van der Waals surface area contributed by atoms with Crippen molar-refractivity contribution in [3.8, 4) is 5.75 Å². The van der Waals surface area contributed by atoms with Crippen LogP contribution in [0.5, 0.6) is 5.75 Å². The number of carbonyl (C=O) groups is 2. The van der Waals surface area contributed by atoms with Crippen LogP contribution < -0.4 is 4.74 Å². The number of hydrogen-bond donors (Lipinski definition) is 1. The molecule has 102 valence electrons. The van der Waals surface area contributed by atoms with Crippen LogP contribution in [0.3, 0.4) is 0 Å². The molecule has 1 aromatic rings. The van der Waals surface area contributed by atoms with E-state index in [1.54, 1.807) is 0 Å². The highest BCUT2D eigenvalue weighted by Crippen LogP contribution is 2.19. The Bertz CT molecular complexity index is 435. The zero-order valence-corrected chi connectivity index (χ0v) is 10.6. The third kappa shape index (κ3) is 3.71. The molecule has 0 aromatic heterocycles. The Kier molecular flexibility index (Phi) is 4.39. The SMILES string of the molecule is O=CCc1ccc(OC2CCN(C(=O)O)CC2)cc1. The topological polar surface area (TPSA) is 66.8 Å². The standard InChI is InChI=1S/C14H17NO4/c16-10-7-11-1-3-12(4-2-11)19-13-5-8-15(9-6-13)14(17)18/h1-4,10,13H,5-9H2,(H,17,18). The van der Waals surface area contributed by atoms with Gasteiger partial charge in [0.25, 0.3) is 0 Å². The molecule has 1 N–H and O–H groups in total. The van der Waals surface area contributed by atoms with Crippen molar-refractivity contribution in [3.63, 3.8) is 0 Å². The van der Waals surface area contributed by atoms with Crippen molar-refractivity contribution >= 4 is 12.4 Å². The Morgan fingerprint density at radius 2 is 1.95 bits per heavy atom. The number of aldehydes is 1. The highest BCUT2D eigenvalue weighted by Gasteiger charge is 2.23. The molecule has 0 bridgehead atoms. The number of amides is 1. The molecule has 0 saturated carbocycles. The van der Waals surface area contributed by atoms with E-state index in [0.29, 0.717) is 32.4 Å². The number of ether oxygens (including phenoxy) is 1. The van der Waals surface area contributed by atoms with Crippen molar-refractivity contribution in [2.45, 2.75) is 25.4 Å². The van der Waals surface area contributed by atoms with Gasteiger partial charge in [0.05, 0.1) is 0 Å². The second kappa shape index (κ2) is 6.22. The average molecular weight is 263 g/mol. The number of rotatable bonds is 4. The Morgan fingerprint density at radius 3 is 2.47 bits per heavy atom. The Labute approximate surface area is 111 Å². The summed E-state index contributed by atoms with van der Waals surface area (Å²) in [6.07, 6.45) is 1.91. The molecule has 0 radical (unpaired) electrons. The van der Waals surface area contributed by atoms with Gasteiger partial charge in [-0.15, -0.1) is 0 Å². The lowest BCUT2D eigenvalue weighted by Gasteiger charge is -2.30. The fourth-order valence-corrected chi connectivity index (χ4v) is 2.16. The molecular weight excluding hydrogens is 246 g/mol. The predicted octanol–water partition coefficient (Wildman–Crippen LogP) is 1.95. The molecule has 0 aliphatic carbocycles. The smallest absolute Gasteiger partial charge is 0.407 e. The van der Waals surface area contributed by atoms with Crippen molar-refractivity contribution in [2.75, 3.05) is 13.1 Å². The molecule has 1 heterocycles. The van der Waals surface area contributed by atoms with E-state index in [9.17, 15) is 9.59 Å². The van der Waals surface area contributed by atoms with Crippen molar-refractivity contribution < 1.29 is 19.4 Å². The van der Waals surface area contributed by atoms with E-state index in [-0.39, 0.29) is 6.10 Å². The first-order valence-electron chi connectivity index (χ1n) is 6.36. The van der Waals surface area contributed by atoms with E-state index < -0.39 is 6.09 Å². The second-order valence-electron chi connectivity index (χ2n) is 4.60. The van der Waals surface area contributed by atoms with Crippen LogP contribution in [0.1, 0.15) is 18.4 Å².